The summed E-state index contributed by atoms with van der Waals surface area (Å²) in [7, 11) is 0. The van der Waals surface area contributed by atoms with Crippen molar-refractivity contribution < 1.29 is 9.18 Å². The number of hydrogen-bond acceptors (Lipinski definition) is 3. The highest BCUT2D eigenvalue weighted by Gasteiger charge is 2.04. The van der Waals surface area contributed by atoms with Crippen molar-refractivity contribution in [3.8, 4) is 0 Å². The molecule has 0 bridgehead atoms. The van der Waals surface area contributed by atoms with Gasteiger partial charge in [-0.25, -0.2) is 4.39 Å². The first kappa shape index (κ1) is 18.1. The van der Waals surface area contributed by atoms with Crippen LogP contribution in [0.25, 0.3) is 0 Å². The Bertz CT molecular complexity index is 836. The molecule has 2 aromatic carbocycles. The van der Waals surface area contributed by atoms with Gasteiger partial charge in [0, 0.05) is 35.2 Å². The van der Waals surface area contributed by atoms with Crippen molar-refractivity contribution in [1.82, 2.24) is 4.98 Å². The molecule has 3 nitrogen and oxygen atoms in total. The van der Waals surface area contributed by atoms with Crippen LogP contribution in [0.15, 0.2) is 78.0 Å². The minimum absolute atomic E-state index is 0.0264. The molecule has 1 amide bonds. The van der Waals surface area contributed by atoms with Gasteiger partial charge >= 0.3 is 0 Å². The Morgan fingerprint density at radius 3 is 2.27 bits per heavy atom. The summed E-state index contributed by atoms with van der Waals surface area (Å²) in [5.74, 6) is 0.374. The summed E-state index contributed by atoms with van der Waals surface area (Å²) in [4.78, 5) is 17.0. The molecule has 0 fully saturated rings. The van der Waals surface area contributed by atoms with Gasteiger partial charge in [-0.3, -0.25) is 9.78 Å². The standard InChI is InChI=1S/C21H19FN2OS/c22-18-3-7-20(8-4-18)26-14-11-21(25)24-19-5-1-16(2-6-19)15-17-9-12-23-13-10-17/h1-10,12-13H,11,14-15H2,(H,24,25). The topological polar surface area (TPSA) is 42.0 Å². The number of rotatable bonds is 7. The van der Waals surface area contributed by atoms with Gasteiger partial charge in [-0.1, -0.05) is 12.1 Å². The predicted molar refractivity (Wildman–Crippen MR) is 104 cm³/mol. The molecule has 0 aliphatic rings. The molecule has 0 atom stereocenters. The quantitative estimate of drug-likeness (QED) is 0.603. The molecule has 0 aliphatic heterocycles. The van der Waals surface area contributed by atoms with E-state index in [0.29, 0.717) is 12.2 Å². The minimum Gasteiger partial charge on any atom is -0.326 e. The molecule has 0 saturated heterocycles. The Balaban J connectivity index is 1.44. The number of halogens is 1. The van der Waals surface area contributed by atoms with E-state index in [1.165, 1.54) is 35.0 Å². The van der Waals surface area contributed by atoms with Gasteiger partial charge in [-0.05, 0) is 66.1 Å². The molecule has 1 aromatic heterocycles. The van der Waals surface area contributed by atoms with E-state index in [1.54, 1.807) is 24.5 Å². The summed E-state index contributed by atoms with van der Waals surface area (Å²) in [6.07, 6.45) is 4.81. The lowest BCUT2D eigenvalue weighted by molar-refractivity contribution is -0.115. The van der Waals surface area contributed by atoms with Crippen molar-refractivity contribution in [2.75, 3.05) is 11.1 Å². The molecule has 5 heteroatoms. The lowest BCUT2D eigenvalue weighted by Crippen LogP contribution is -2.12. The molecule has 26 heavy (non-hydrogen) atoms. The minimum atomic E-state index is -0.250. The van der Waals surface area contributed by atoms with Gasteiger partial charge < -0.3 is 5.32 Å². The van der Waals surface area contributed by atoms with Gasteiger partial charge in [0.05, 0.1) is 0 Å². The molecule has 0 unspecified atom stereocenters. The van der Waals surface area contributed by atoms with Gasteiger partial charge in [-0.15, -0.1) is 11.8 Å². The summed E-state index contributed by atoms with van der Waals surface area (Å²) in [5.41, 5.74) is 3.18. The number of benzene rings is 2. The highest BCUT2D eigenvalue weighted by atomic mass is 32.2. The van der Waals surface area contributed by atoms with Crippen LogP contribution in [0, 0.1) is 5.82 Å². The van der Waals surface area contributed by atoms with E-state index in [-0.39, 0.29) is 11.7 Å². The molecule has 0 spiro atoms. The fourth-order valence-electron chi connectivity index (χ4n) is 2.46. The molecule has 0 radical (unpaired) electrons. The second-order valence-corrected chi connectivity index (χ2v) is 7.00. The maximum Gasteiger partial charge on any atom is 0.225 e. The Morgan fingerprint density at radius 2 is 1.58 bits per heavy atom. The summed E-state index contributed by atoms with van der Waals surface area (Å²) in [6.45, 7) is 0. The monoisotopic (exact) mass is 366 g/mol. The molecule has 0 saturated carbocycles. The lowest BCUT2D eigenvalue weighted by atomic mass is 10.1. The number of hydrogen-bond donors (Lipinski definition) is 1. The van der Waals surface area contributed by atoms with Gasteiger partial charge in [0.25, 0.3) is 0 Å². The molecule has 132 valence electrons. The number of amides is 1. The molecular weight excluding hydrogens is 347 g/mol. The van der Waals surface area contributed by atoms with Crippen LogP contribution in [-0.2, 0) is 11.2 Å². The van der Waals surface area contributed by atoms with Crippen LogP contribution in [0.2, 0.25) is 0 Å². The number of carbonyl (C=O) groups excluding carboxylic acids is 1. The molecule has 0 aliphatic carbocycles. The van der Waals surface area contributed by atoms with E-state index < -0.39 is 0 Å². The van der Waals surface area contributed by atoms with Crippen LogP contribution in [0.1, 0.15) is 17.5 Å². The third-order valence-electron chi connectivity index (χ3n) is 3.81. The van der Waals surface area contributed by atoms with E-state index in [2.05, 4.69) is 10.3 Å². The summed E-state index contributed by atoms with van der Waals surface area (Å²) < 4.78 is 12.9. The Hall–Kier alpha value is -2.66. The first-order valence-electron chi connectivity index (χ1n) is 8.35. The van der Waals surface area contributed by atoms with Gasteiger partial charge in [-0.2, -0.15) is 0 Å². The van der Waals surface area contributed by atoms with Crippen molar-refractivity contribution in [1.29, 1.82) is 0 Å². The summed E-state index contributed by atoms with van der Waals surface area (Å²) >= 11 is 1.54. The third-order valence-corrected chi connectivity index (χ3v) is 4.82. The van der Waals surface area contributed by atoms with E-state index in [4.69, 9.17) is 0 Å². The van der Waals surface area contributed by atoms with Crippen LogP contribution < -0.4 is 5.32 Å². The maximum atomic E-state index is 12.9. The van der Waals surface area contributed by atoms with Gasteiger partial charge in [0.1, 0.15) is 5.82 Å². The number of carbonyl (C=O) groups is 1. The summed E-state index contributed by atoms with van der Waals surface area (Å²) in [6, 6.07) is 18.2. The maximum absolute atomic E-state index is 12.9. The number of pyridine rings is 1. The first-order chi connectivity index (χ1) is 12.7. The molecule has 3 aromatic rings. The molecule has 1 heterocycles. The molecule has 1 N–H and O–H groups in total. The van der Waals surface area contributed by atoms with E-state index in [9.17, 15) is 9.18 Å². The van der Waals surface area contributed by atoms with Crippen molar-refractivity contribution in [3.63, 3.8) is 0 Å². The average molecular weight is 366 g/mol. The smallest absolute Gasteiger partial charge is 0.225 e. The first-order valence-corrected chi connectivity index (χ1v) is 9.34. The lowest BCUT2D eigenvalue weighted by Gasteiger charge is -2.07. The van der Waals surface area contributed by atoms with Crippen LogP contribution >= 0.6 is 11.8 Å². The normalized spacial score (nSPS) is 10.5. The Labute approximate surface area is 156 Å². The SMILES string of the molecule is O=C(CCSc1ccc(F)cc1)Nc1ccc(Cc2ccncc2)cc1. The average Bonchev–Trinajstić information content (AvgIpc) is 2.66. The zero-order chi connectivity index (χ0) is 18.2. The zero-order valence-electron chi connectivity index (χ0n) is 14.2. The number of aromatic nitrogens is 1. The second kappa shape index (κ2) is 9.15. The van der Waals surface area contributed by atoms with Crippen LogP contribution in [-0.4, -0.2) is 16.6 Å². The zero-order valence-corrected chi connectivity index (χ0v) is 15.0. The fourth-order valence-corrected chi connectivity index (χ4v) is 3.31. The molecule has 3 rings (SSSR count). The van der Waals surface area contributed by atoms with Crippen molar-refractivity contribution in [3.05, 3.63) is 90.0 Å². The Morgan fingerprint density at radius 1 is 0.923 bits per heavy atom. The highest BCUT2D eigenvalue weighted by molar-refractivity contribution is 7.99. The van der Waals surface area contributed by atoms with E-state index in [1.807, 2.05) is 36.4 Å². The molecular formula is C21H19FN2OS. The van der Waals surface area contributed by atoms with Crippen molar-refractivity contribution in [2.45, 2.75) is 17.7 Å². The van der Waals surface area contributed by atoms with E-state index >= 15 is 0 Å². The third kappa shape index (κ3) is 5.70. The largest absolute Gasteiger partial charge is 0.326 e. The van der Waals surface area contributed by atoms with E-state index in [0.717, 1.165) is 17.0 Å². The van der Waals surface area contributed by atoms with Crippen molar-refractivity contribution in [2.24, 2.45) is 0 Å². The number of nitrogens with zero attached hydrogens (tertiary/aromatic N) is 1. The van der Waals surface area contributed by atoms with Crippen LogP contribution in [0.5, 0.6) is 0 Å². The second-order valence-electron chi connectivity index (χ2n) is 5.83. The predicted octanol–water partition coefficient (Wildman–Crippen LogP) is 4.93. The van der Waals surface area contributed by atoms with Crippen molar-refractivity contribution >= 4 is 23.4 Å². The van der Waals surface area contributed by atoms with Crippen LogP contribution in [0.3, 0.4) is 0 Å². The highest BCUT2D eigenvalue weighted by Crippen LogP contribution is 2.19. The fraction of sp³-hybridized carbons (Fsp3) is 0.143. The van der Waals surface area contributed by atoms with Crippen LogP contribution in [0.4, 0.5) is 10.1 Å². The Kier molecular flexibility index (Phi) is 6.39. The number of anilines is 1. The number of nitrogens with one attached hydrogen (secondary N) is 1. The van der Waals surface area contributed by atoms with Gasteiger partial charge in [0.2, 0.25) is 5.91 Å². The number of thioether (sulfide) groups is 1. The van der Waals surface area contributed by atoms with Gasteiger partial charge in [0.15, 0.2) is 0 Å². The summed E-state index contributed by atoms with van der Waals surface area (Å²) in [5, 5.41) is 2.91.